The average molecular weight is 309 g/mol. The van der Waals surface area contributed by atoms with Gasteiger partial charge in [0, 0.05) is 5.39 Å². The fraction of sp³-hybridized carbons (Fsp3) is 0. The van der Waals surface area contributed by atoms with Gasteiger partial charge in [0.2, 0.25) is 0 Å². The zero-order valence-electron chi connectivity index (χ0n) is 11.7. The number of hydrogen-bond donors (Lipinski definition) is 4. The number of quaternary nitrogens is 1. The van der Waals surface area contributed by atoms with E-state index in [1.165, 1.54) is 12.5 Å². The highest BCUT2D eigenvalue weighted by Crippen LogP contribution is 2.26. The van der Waals surface area contributed by atoms with Crippen LogP contribution in [0.2, 0.25) is 0 Å². The van der Waals surface area contributed by atoms with E-state index in [4.69, 9.17) is 5.73 Å². The van der Waals surface area contributed by atoms with Gasteiger partial charge in [0.1, 0.15) is 0 Å². The number of guanidine groups is 1. The number of hydrogen-bond acceptors (Lipinski definition) is 7. The first-order valence-corrected chi connectivity index (χ1v) is 6.76. The first-order valence-electron chi connectivity index (χ1n) is 6.76. The van der Waals surface area contributed by atoms with E-state index in [0.717, 1.165) is 10.9 Å². The monoisotopic (exact) mass is 309 g/mol. The van der Waals surface area contributed by atoms with Crippen molar-refractivity contribution in [2.24, 2.45) is 4.99 Å². The minimum Gasteiger partial charge on any atom is -0.619 e. The third kappa shape index (κ3) is 2.03. The Morgan fingerprint density at radius 1 is 1.26 bits per heavy atom. The number of nitrogens with two attached hydrogens (primary N) is 1. The Morgan fingerprint density at radius 3 is 2.96 bits per heavy atom. The zero-order chi connectivity index (χ0) is 16.0. The van der Waals surface area contributed by atoms with Crippen molar-refractivity contribution >= 4 is 40.0 Å². The van der Waals surface area contributed by atoms with Gasteiger partial charge in [-0.3, -0.25) is 10.3 Å². The number of pyridine rings is 1. The Bertz CT molecular complexity index is 963. The third-order valence-corrected chi connectivity index (χ3v) is 3.56. The molecule has 0 spiro atoms. The zero-order valence-corrected chi connectivity index (χ0v) is 11.7. The van der Waals surface area contributed by atoms with Crippen molar-refractivity contribution in [2.75, 3.05) is 11.1 Å². The lowest BCUT2D eigenvalue weighted by Crippen LogP contribution is -3.14. The number of para-hydroxylation sites is 1. The molecule has 4 rings (SSSR count). The number of amides is 1. The van der Waals surface area contributed by atoms with E-state index in [1.807, 2.05) is 24.3 Å². The molecule has 0 aliphatic carbocycles. The summed E-state index contributed by atoms with van der Waals surface area (Å²) < 4.78 is 0. The number of nitrogen functional groups attached to an aromatic ring is 1. The number of H-pyrrole nitrogens is 1. The molecule has 3 aromatic rings. The number of nitrogens with one attached hydrogen (secondary N) is 3. The molecule has 1 atom stereocenters. The van der Waals surface area contributed by atoms with E-state index < -0.39 is 11.0 Å². The average Bonchev–Trinajstić information content (AvgIpc) is 3.03. The van der Waals surface area contributed by atoms with Crippen molar-refractivity contribution in [1.82, 2.24) is 15.0 Å². The van der Waals surface area contributed by atoms with Gasteiger partial charge in [-0.15, -0.1) is 0 Å². The van der Waals surface area contributed by atoms with E-state index in [2.05, 4.69) is 25.3 Å². The van der Waals surface area contributed by atoms with Gasteiger partial charge in [-0.25, -0.2) is 14.8 Å². The van der Waals surface area contributed by atoms with E-state index in [9.17, 15) is 10.0 Å². The quantitative estimate of drug-likeness (QED) is 0.473. The number of aromatic nitrogens is 3. The smallest absolute Gasteiger partial charge is 0.372 e. The van der Waals surface area contributed by atoms with Gasteiger partial charge in [0.15, 0.2) is 11.5 Å². The predicted molar refractivity (Wildman–Crippen MR) is 84.1 cm³/mol. The first-order chi connectivity index (χ1) is 11.1. The Balaban J connectivity index is 1.77. The number of aliphatic imine (C=N–C) groups is 1. The minimum absolute atomic E-state index is 0.0881. The number of anilines is 2. The Kier molecular flexibility index (Phi) is 2.83. The molecule has 9 nitrogen and oxygen atoms in total. The van der Waals surface area contributed by atoms with Gasteiger partial charge < -0.3 is 15.9 Å². The second-order valence-electron chi connectivity index (χ2n) is 4.95. The predicted octanol–water partition coefficient (Wildman–Crippen LogP) is 0.176. The van der Waals surface area contributed by atoms with Crippen LogP contribution in [-0.4, -0.2) is 26.8 Å². The number of hydroxylamine groups is 2. The molecule has 1 aliphatic heterocycles. The van der Waals surface area contributed by atoms with Crippen molar-refractivity contribution in [3.05, 3.63) is 47.7 Å². The van der Waals surface area contributed by atoms with Crippen LogP contribution in [0.4, 0.5) is 17.2 Å². The Morgan fingerprint density at radius 2 is 2.09 bits per heavy atom. The summed E-state index contributed by atoms with van der Waals surface area (Å²) >= 11 is 0. The van der Waals surface area contributed by atoms with E-state index >= 15 is 0 Å². The standard InChI is InChI=1S/C14H11N7O2/c15-10-7-3-1-2-4-8(7)16-5-9(10)19-14-20-12-11(17-6-18-12)13(22)21(14)23/h1-6,21H,(H2,15,16)(H,17,18)(H,19,20). The van der Waals surface area contributed by atoms with Crippen molar-refractivity contribution in [3.8, 4) is 0 Å². The first kappa shape index (κ1) is 13.4. The maximum atomic E-state index is 12.1. The number of nitrogens with zero attached hydrogens (tertiary/aromatic N) is 3. The highest BCUT2D eigenvalue weighted by Gasteiger charge is 2.31. The second-order valence-corrected chi connectivity index (χ2v) is 4.95. The Labute approximate surface area is 129 Å². The third-order valence-electron chi connectivity index (χ3n) is 3.56. The molecule has 1 aromatic carbocycles. The van der Waals surface area contributed by atoms with Crippen molar-refractivity contribution < 1.29 is 9.86 Å². The highest BCUT2D eigenvalue weighted by molar-refractivity contribution is 6.07. The Hall–Kier alpha value is -3.30. The van der Waals surface area contributed by atoms with Crippen LogP contribution in [0.3, 0.4) is 0 Å². The lowest BCUT2D eigenvalue weighted by atomic mass is 10.1. The second kappa shape index (κ2) is 4.87. The van der Waals surface area contributed by atoms with Crippen LogP contribution in [0.15, 0.2) is 41.8 Å². The van der Waals surface area contributed by atoms with Gasteiger partial charge in [0.05, 0.1) is 29.4 Å². The number of carbonyl (C=O) groups is 1. The molecule has 0 saturated carbocycles. The summed E-state index contributed by atoms with van der Waals surface area (Å²) in [6, 6.07) is 7.35. The maximum Gasteiger partial charge on any atom is 0.372 e. The SMILES string of the molecule is Nc1c(NC2=Nc3nc[nH]c3C(=O)[NH+]2[O-])cnc2ccccc12. The normalized spacial score (nSPS) is 17.0. The number of benzene rings is 1. The molecule has 1 amide bonds. The topological polar surface area (TPSA) is 137 Å². The summed E-state index contributed by atoms with van der Waals surface area (Å²) in [7, 11) is 0. The lowest BCUT2D eigenvalue weighted by molar-refractivity contribution is -0.650. The molecule has 0 saturated heterocycles. The number of fused-ring (bicyclic) bond motifs is 2. The molecule has 3 heterocycles. The summed E-state index contributed by atoms with van der Waals surface area (Å²) in [5.41, 5.74) is 7.77. The molecule has 114 valence electrons. The maximum absolute atomic E-state index is 12.1. The highest BCUT2D eigenvalue weighted by atomic mass is 16.5. The van der Waals surface area contributed by atoms with Gasteiger partial charge >= 0.3 is 11.9 Å². The fourth-order valence-corrected chi connectivity index (χ4v) is 2.39. The molecule has 0 radical (unpaired) electrons. The molecular formula is C14H11N7O2. The van der Waals surface area contributed by atoms with Gasteiger partial charge in [-0.05, 0) is 6.07 Å². The molecule has 2 aromatic heterocycles. The summed E-state index contributed by atoms with van der Waals surface area (Å²) in [5.74, 6) is -0.648. The van der Waals surface area contributed by atoms with E-state index in [0.29, 0.717) is 11.4 Å². The largest absolute Gasteiger partial charge is 0.619 e. The summed E-state index contributed by atoms with van der Waals surface area (Å²) in [6.45, 7) is 0. The number of carbonyl (C=O) groups excluding carboxylic acids is 1. The van der Waals surface area contributed by atoms with Gasteiger partial charge in [0.25, 0.3) is 0 Å². The van der Waals surface area contributed by atoms with Gasteiger partial charge in [-0.2, -0.15) is 4.99 Å². The van der Waals surface area contributed by atoms with Crippen LogP contribution in [0.5, 0.6) is 0 Å². The molecule has 0 bridgehead atoms. The van der Waals surface area contributed by atoms with Crippen LogP contribution >= 0.6 is 0 Å². The molecule has 1 unspecified atom stereocenters. The van der Waals surface area contributed by atoms with Crippen LogP contribution in [0.1, 0.15) is 10.5 Å². The van der Waals surface area contributed by atoms with Gasteiger partial charge in [-0.1, -0.05) is 18.2 Å². The summed E-state index contributed by atoms with van der Waals surface area (Å²) in [5, 5.41) is 14.9. The lowest BCUT2D eigenvalue weighted by Gasteiger charge is -2.23. The molecule has 0 fully saturated rings. The summed E-state index contributed by atoms with van der Waals surface area (Å²) in [4.78, 5) is 26.8. The molecule has 1 aliphatic rings. The van der Waals surface area contributed by atoms with Crippen LogP contribution in [-0.2, 0) is 0 Å². The van der Waals surface area contributed by atoms with Crippen LogP contribution in [0.25, 0.3) is 10.9 Å². The van der Waals surface area contributed by atoms with Crippen molar-refractivity contribution in [2.45, 2.75) is 0 Å². The molecule has 9 heteroatoms. The fourth-order valence-electron chi connectivity index (χ4n) is 2.39. The van der Waals surface area contributed by atoms with Crippen molar-refractivity contribution in [3.63, 3.8) is 0 Å². The van der Waals surface area contributed by atoms with Crippen LogP contribution < -0.4 is 16.1 Å². The number of aromatic amines is 1. The molecule has 5 N–H and O–H groups in total. The van der Waals surface area contributed by atoms with E-state index in [-0.39, 0.29) is 17.5 Å². The number of rotatable bonds is 1. The molecule has 23 heavy (non-hydrogen) atoms. The molecular weight excluding hydrogens is 298 g/mol. The summed E-state index contributed by atoms with van der Waals surface area (Å²) in [6.07, 6.45) is 2.81. The van der Waals surface area contributed by atoms with Crippen molar-refractivity contribution in [1.29, 1.82) is 0 Å². The van der Waals surface area contributed by atoms with E-state index in [1.54, 1.807) is 0 Å². The number of imidazole rings is 1. The van der Waals surface area contributed by atoms with Crippen LogP contribution in [0, 0.1) is 5.21 Å². The minimum atomic E-state index is -0.755.